The number of hydrogen-bond donors (Lipinski definition) is 0. The van der Waals surface area contributed by atoms with Gasteiger partial charge in [-0.2, -0.15) is 0 Å². The average molecular weight is 289 g/mol. The van der Waals surface area contributed by atoms with Crippen LogP contribution in [0.15, 0.2) is 42.5 Å². The summed E-state index contributed by atoms with van der Waals surface area (Å²) in [4.78, 5) is 8.92. The zero-order valence-electron chi connectivity index (χ0n) is 10.2. The van der Waals surface area contributed by atoms with Crippen LogP contribution in [-0.2, 0) is 0 Å². The fourth-order valence-corrected chi connectivity index (χ4v) is 2.57. The minimum absolute atomic E-state index is 0.470. The molecule has 0 fully saturated rings. The number of benzene rings is 2. The van der Waals surface area contributed by atoms with Gasteiger partial charge < -0.3 is 0 Å². The second-order valence-electron chi connectivity index (χ2n) is 4.32. The number of rotatable bonds is 1. The lowest BCUT2D eigenvalue weighted by Crippen LogP contribution is -1.93. The first-order valence-electron chi connectivity index (χ1n) is 5.84. The van der Waals surface area contributed by atoms with Crippen molar-refractivity contribution >= 4 is 34.1 Å². The first-order chi connectivity index (χ1) is 9.15. The molecule has 0 bridgehead atoms. The predicted octanol–water partition coefficient (Wildman–Crippen LogP) is 4.91. The van der Waals surface area contributed by atoms with Crippen molar-refractivity contribution in [1.29, 1.82) is 0 Å². The molecule has 0 aliphatic carbocycles. The zero-order valence-corrected chi connectivity index (χ0v) is 11.7. The summed E-state index contributed by atoms with van der Waals surface area (Å²) in [5, 5.41) is 2.02. The molecule has 2 aromatic carbocycles. The molecule has 0 spiro atoms. The summed E-state index contributed by atoms with van der Waals surface area (Å²) in [6.07, 6.45) is 0. The third-order valence-electron chi connectivity index (χ3n) is 2.97. The van der Waals surface area contributed by atoms with Gasteiger partial charge >= 0.3 is 0 Å². The van der Waals surface area contributed by atoms with Crippen LogP contribution in [0.3, 0.4) is 0 Å². The Labute approximate surface area is 121 Å². The van der Waals surface area contributed by atoms with Crippen LogP contribution in [0.5, 0.6) is 0 Å². The van der Waals surface area contributed by atoms with Crippen molar-refractivity contribution < 1.29 is 0 Å². The van der Waals surface area contributed by atoms with Crippen molar-refractivity contribution in [3.8, 4) is 11.4 Å². The third kappa shape index (κ3) is 2.29. The van der Waals surface area contributed by atoms with Crippen LogP contribution in [-0.4, -0.2) is 9.97 Å². The van der Waals surface area contributed by atoms with E-state index in [9.17, 15) is 0 Å². The summed E-state index contributed by atoms with van der Waals surface area (Å²) in [7, 11) is 0. The number of nitrogens with zero attached hydrogens (tertiary/aromatic N) is 2. The van der Waals surface area contributed by atoms with Gasteiger partial charge in [0, 0.05) is 16.0 Å². The van der Waals surface area contributed by atoms with Gasteiger partial charge in [0.15, 0.2) is 5.82 Å². The molecule has 1 heterocycles. The van der Waals surface area contributed by atoms with Crippen molar-refractivity contribution in [1.82, 2.24) is 9.97 Å². The van der Waals surface area contributed by atoms with E-state index >= 15 is 0 Å². The molecule has 0 amide bonds. The Morgan fingerprint density at radius 2 is 1.74 bits per heavy atom. The largest absolute Gasteiger partial charge is 0.228 e. The number of fused-ring (bicyclic) bond motifs is 1. The van der Waals surface area contributed by atoms with Crippen LogP contribution in [0.1, 0.15) is 5.56 Å². The Hall–Kier alpha value is -1.64. The molecule has 0 aliphatic heterocycles. The summed E-state index contributed by atoms with van der Waals surface area (Å²) >= 11 is 12.3. The van der Waals surface area contributed by atoms with E-state index in [0.717, 1.165) is 22.0 Å². The topological polar surface area (TPSA) is 25.8 Å². The molecule has 3 rings (SSSR count). The lowest BCUT2D eigenvalue weighted by molar-refractivity contribution is 1.22. The molecular weight excluding hydrogens is 279 g/mol. The van der Waals surface area contributed by atoms with Crippen molar-refractivity contribution in [2.75, 3.05) is 0 Å². The highest BCUT2D eigenvalue weighted by Gasteiger charge is 2.09. The summed E-state index contributed by atoms with van der Waals surface area (Å²) in [5.41, 5.74) is 2.77. The van der Waals surface area contributed by atoms with Crippen molar-refractivity contribution in [2.24, 2.45) is 0 Å². The Balaban J connectivity index is 2.27. The molecule has 2 nitrogen and oxygen atoms in total. The molecule has 0 saturated carbocycles. The summed E-state index contributed by atoms with van der Waals surface area (Å²) < 4.78 is 0. The van der Waals surface area contributed by atoms with E-state index in [1.807, 2.05) is 49.4 Å². The second-order valence-corrected chi connectivity index (χ2v) is 5.11. The molecule has 0 aliphatic rings. The van der Waals surface area contributed by atoms with Crippen LogP contribution in [0.4, 0.5) is 0 Å². The van der Waals surface area contributed by atoms with Gasteiger partial charge in [0.25, 0.3) is 0 Å². The number of aryl methyl sites for hydroxylation is 1. The van der Waals surface area contributed by atoms with Gasteiger partial charge in [0.2, 0.25) is 0 Å². The van der Waals surface area contributed by atoms with E-state index in [0.29, 0.717) is 16.0 Å². The average Bonchev–Trinajstić information content (AvgIpc) is 2.38. The van der Waals surface area contributed by atoms with Crippen LogP contribution in [0.2, 0.25) is 10.2 Å². The Morgan fingerprint density at radius 1 is 0.947 bits per heavy atom. The van der Waals surface area contributed by atoms with Crippen LogP contribution in [0.25, 0.3) is 22.3 Å². The lowest BCUT2D eigenvalue weighted by Gasteiger charge is -2.06. The smallest absolute Gasteiger partial charge is 0.161 e. The highest BCUT2D eigenvalue weighted by Crippen LogP contribution is 2.27. The molecule has 0 atom stereocenters. The second kappa shape index (κ2) is 4.80. The van der Waals surface area contributed by atoms with Crippen molar-refractivity contribution in [2.45, 2.75) is 6.92 Å². The predicted molar refractivity (Wildman–Crippen MR) is 79.7 cm³/mol. The minimum Gasteiger partial charge on any atom is -0.228 e. The fraction of sp³-hybridized carbons (Fsp3) is 0.0667. The molecule has 0 N–H and O–H groups in total. The fourth-order valence-electron chi connectivity index (χ4n) is 2.06. The summed E-state index contributed by atoms with van der Waals surface area (Å²) in [6.45, 7) is 2.00. The van der Waals surface area contributed by atoms with Gasteiger partial charge in [-0.3, -0.25) is 0 Å². The SMILES string of the molecule is Cc1cccc2nc(-c3cccc(Cl)c3)nc(Cl)c12. The van der Waals surface area contributed by atoms with Crippen LogP contribution >= 0.6 is 23.2 Å². The third-order valence-corrected chi connectivity index (χ3v) is 3.48. The van der Waals surface area contributed by atoms with Crippen LogP contribution in [0, 0.1) is 6.92 Å². The van der Waals surface area contributed by atoms with Crippen LogP contribution < -0.4 is 0 Å². The van der Waals surface area contributed by atoms with E-state index in [1.54, 1.807) is 0 Å². The molecule has 4 heteroatoms. The van der Waals surface area contributed by atoms with Crippen molar-refractivity contribution in [3.63, 3.8) is 0 Å². The number of hydrogen-bond acceptors (Lipinski definition) is 2. The monoisotopic (exact) mass is 288 g/mol. The maximum atomic E-state index is 6.27. The molecule has 1 aromatic heterocycles. The van der Waals surface area contributed by atoms with E-state index in [1.165, 1.54) is 0 Å². The lowest BCUT2D eigenvalue weighted by atomic mass is 10.1. The van der Waals surface area contributed by atoms with E-state index < -0.39 is 0 Å². The maximum Gasteiger partial charge on any atom is 0.161 e. The summed E-state index contributed by atoms with van der Waals surface area (Å²) in [6, 6.07) is 13.3. The molecule has 0 saturated heterocycles. The van der Waals surface area contributed by atoms with Gasteiger partial charge in [0.1, 0.15) is 5.15 Å². The Kier molecular flexibility index (Phi) is 3.13. The highest BCUT2D eigenvalue weighted by molar-refractivity contribution is 6.34. The van der Waals surface area contributed by atoms with Gasteiger partial charge in [-0.1, -0.05) is 47.5 Å². The zero-order chi connectivity index (χ0) is 13.4. The Bertz CT molecular complexity index is 769. The quantitative estimate of drug-likeness (QED) is 0.595. The number of halogens is 2. The number of aromatic nitrogens is 2. The standard InChI is InChI=1S/C15H10Cl2N2/c1-9-4-2-7-12-13(9)14(17)19-15(18-12)10-5-3-6-11(16)8-10/h2-8H,1H3. The Morgan fingerprint density at radius 3 is 2.53 bits per heavy atom. The summed E-state index contributed by atoms with van der Waals surface area (Å²) in [5.74, 6) is 0.589. The van der Waals surface area contributed by atoms with E-state index in [2.05, 4.69) is 9.97 Å². The van der Waals surface area contributed by atoms with Gasteiger partial charge in [-0.25, -0.2) is 9.97 Å². The molecule has 94 valence electrons. The first kappa shape index (κ1) is 12.4. The van der Waals surface area contributed by atoms with Crippen molar-refractivity contribution in [3.05, 3.63) is 58.2 Å². The molecule has 0 unspecified atom stereocenters. The molecule has 0 radical (unpaired) electrons. The first-order valence-corrected chi connectivity index (χ1v) is 6.59. The van der Waals surface area contributed by atoms with Gasteiger partial charge in [-0.05, 0) is 30.7 Å². The highest BCUT2D eigenvalue weighted by atomic mass is 35.5. The van der Waals surface area contributed by atoms with Gasteiger partial charge in [-0.15, -0.1) is 0 Å². The maximum absolute atomic E-state index is 6.27. The van der Waals surface area contributed by atoms with E-state index in [4.69, 9.17) is 23.2 Å². The normalized spacial score (nSPS) is 10.9. The minimum atomic E-state index is 0.470. The van der Waals surface area contributed by atoms with Gasteiger partial charge in [0.05, 0.1) is 5.52 Å². The van der Waals surface area contributed by atoms with E-state index in [-0.39, 0.29) is 0 Å². The molecular formula is C15H10Cl2N2. The molecule has 19 heavy (non-hydrogen) atoms. The molecule has 3 aromatic rings.